The number of benzene rings is 1. The van der Waals surface area contributed by atoms with Gasteiger partial charge in [-0.3, -0.25) is 8.98 Å². The van der Waals surface area contributed by atoms with Gasteiger partial charge in [0.15, 0.2) is 0 Å². The average Bonchev–Trinajstić information content (AvgIpc) is 3.03. The van der Waals surface area contributed by atoms with Gasteiger partial charge in [0.25, 0.3) is 10.1 Å². The van der Waals surface area contributed by atoms with Crippen LogP contribution in [-0.4, -0.2) is 20.3 Å². The summed E-state index contributed by atoms with van der Waals surface area (Å²) in [6.07, 6.45) is 8.85. The third-order valence-corrected chi connectivity index (χ3v) is 11.3. The third-order valence-electron chi connectivity index (χ3n) is 9.90. The summed E-state index contributed by atoms with van der Waals surface area (Å²) in [4.78, 5) is 12.9. The minimum atomic E-state index is -3.72. The molecule has 31 heavy (non-hydrogen) atoms. The molecule has 7 atom stereocenters. The largest absolute Gasteiger partial charge is 0.299 e. The third kappa shape index (κ3) is 3.42. The summed E-state index contributed by atoms with van der Waals surface area (Å²) >= 11 is 0. The molecule has 0 aliphatic heterocycles. The maximum absolute atomic E-state index is 12.8. The molecular formula is C26H36O4S. The topological polar surface area (TPSA) is 60.4 Å². The van der Waals surface area contributed by atoms with Gasteiger partial charge in [-0.2, -0.15) is 8.42 Å². The molecule has 0 spiro atoms. The standard InChI is InChI=1S/C26H36O4S/c1-17-4-7-20(8-5-17)31(28,29)30-19-12-14-25(2)18(16-19)6-9-21-22-10-11-24(27)26(22,3)15-13-23(21)25/h4-5,7-8,18-19,21-23H,6,9-16H2,1-3H3/t18-,19+,21+,22-,23+,25-,26-/m0/s1. The molecule has 4 fully saturated rings. The van der Waals surface area contributed by atoms with Crippen molar-refractivity contribution in [2.45, 2.75) is 89.6 Å². The van der Waals surface area contributed by atoms with Crippen LogP contribution in [0.3, 0.4) is 0 Å². The van der Waals surface area contributed by atoms with Crippen LogP contribution in [0.4, 0.5) is 0 Å². The van der Waals surface area contributed by atoms with Gasteiger partial charge in [0.05, 0.1) is 11.0 Å². The van der Waals surface area contributed by atoms with Gasteiger partial charge in [-0.1, -0.05) is 31.5 Å². The van der Waals surface area contributed by atoms with E-state index >= 15 is 0 Å². The van der Waals surface area contributed by atoms with Crippen LogP contribution < -0.4 is 0 Å². The highest BCUT2D eigenvalue weighted by Gasteiger charge is 2.60. The number of hydrogen-bond acceptors (Lipinski definition) is 4. The van der Waals surface area contributed by atoms with E-state index in [1.165, 1.54) is 6.42 Å². The Morgan fingerprint density at radius 2 is 1.68 bits per heavy atom. The molecular weight excluding hydrogens is 408 g/mol. The Hall–Kier alpha value is -1.20. The molecule has 0 bridgehead atoms. The van der Waals surface area contributed by atoms with Gasteiger partial charge in [0.1, 0.15) is 5.78 Å². The maximum atomic E-state index is 12.8. The van der Waals surface area contributed by atoms with E-state index in [2.05, 4.69) is 13.8 Å². The van der Waals surface area contributed by atoms with E-state index in [0.717, 1.165) is 56.9 Å². The van der Waals surface area contributed by atoms with Crippen LogP contribution in [0.1, 0.15) is 77.2 Å². The molecule has 0 heterocycles. The number of Topliss-reactive ketones (excluding diaryl/α,β-unsaturated/α-hetero) is 1. The SMILES string of the molecule is Cc1ccc(S(=O)(=O)O[C@@H]2CC[C@@]3(C)[C@@H](CC[C@H]4[C@H]3CC[C@]3(C)C(=O)CC[C@@H]43)C2)cc1. The average molecular weight is 445 g/mol. The molecule has 4 saturated carbocycles. The molecule has 0 radical (unpaired) electrons. The smallest absolute Gasteiger partial charge is 0.297 e. The van der Waals surface area contributed by atoms with Crippen molar-refractivity contribution in [1.29, 1.82) is 0 Å². The Bertz CT molecular complexity index is 968. The van der Waals surface area contributed by atoms with Crippen LogP contribution in [0.2, 0.25) is 0 Å². The lowest BCUT2D eigenvalue weighted by atomic mass is 9.45. The van der Waals surface area contributed by atoms with Crippen molar-refractivity contribution < 1.29 is 17.4 Å². The van der Waals surface area contributed by atoms with Crippen molar-refractivity contribution in [2.75, 3.05) is 0 Å². The number of carbonyl (C=O) groups excluding carboxylic acids is 1. The van der Waals surface area contributed by atoms with Crippen LogP contribution in [0, 0.1) is 41.4 Å². The van der Waals surface area contributed by atoms with Crippen molar-refractivity contribution in [2.24, 2.45) is 34.5 Å². The zero-order valence-corrected chi connectivity index (χ0v) is 19.9. The number of rotatable bonds is 3. The quantitative estimate of drug-likeness (QED) is 0.563. The Morgan fingerprint density at radius 1 is 0.935 bits per heavy atom. The van der Waals surface area contributed by atoms with Crippen LogP contribution in [0.25, 0.3) is 0 Å². The molecule has 0 unspecified atom stereocenters. The van der Waals surface area contributed by atoms with Crippen LogP contribution in [0.15, 0.2) is 29.2 Å². The highest BCUT2D eigenvalue weighted by atomic mass is 32.2. The molecule has 0 saturated heterocycles. The van der Waals surface area contributed by atoms with Gasteiger partial charge in [0.2, 0.25) is 0 Å². The van der Waals surface area contributed by atoms with Crippen molar-refractivity contribution in [3.05, 3.63) is 29.8 Å². The van der Waals surface area contributed by atoms with E-state index in [0.29, 0.717) is 29.5 Å². The number of aryl methyl sites for hydroxylation is 1. The Balaban J connectivity index is 1.30. The van der Waals surface area contributed by atoms with Crippen molar-refractivity contribution in [3.63, 3.8) is 0 Å². The molecule has 0 amide bonds. The predicted molar refractivity (Wildman–Crippen MR) is 120 cm³/mol. The summed E-state index contributed by atoms with van der Waals surface area (Å²) in [5, 5.41) is 0. The number of hydrogen-bond donors (Lipinski definition) is 0. The first-order valence-corrected chi connectivity index (χ1v) is 13.6. The highest BCUT2D eigenvalue weighted by Crippen LogP contribution is 2.65. The first kappa shape index (κ1) is 21.6. The van der Waals surface area contributed by atoms with Crippen LogP contribution >= 0.6 is 0 Å². The van der Waals surface area contributed by atoms with Crippen molar-refractivity contribution in [1.82, 2.24) is 0 Å². The summed E-state index contributed by atoms with van der Waals surface area (Å²) in [6.45, 7) is 6.64. The maximum Gasteiger partial charge on any atom is 0.297 e. The molecule has 5 rings (SSSR count). The highest BCUT2D eigenvalue weighted by molar-refractivity contribution is 7.86. The molecule has 5 heteroatoms. The summed E-state index contributed by atoms with van der Waals surface area (Å²) in [7, 11) is -3.72. The first-order valence-electron chi connectivity index (χ1n) is 12.2. The molecule has 1 aromatic carbocycles. The molecule has 1 aromatic rings. The zero-order chi connectivity index (χ0) is 22.0. The summed E-state index contributed by atoms with van der Waals surface area (Å²) in [6, 6.07) is 6.93. The van der Waals surface area contributed by atoms with Crippen molar-refractivity contribution in [3.8, 4) is 0 Å². The lowest BCUT2D eigenvalue weighted by Gasteiger charge is -2.60. The van der Waals surface area contributed by atoms with Gasteiger partial charge in [0, 0.05) is 11.8 Å². The fraction of sp³-hybridized carbons (Fsp3) is 0.731. The lowest BCUT2D eigenvalue weighted by Crippen LogP contribution is -2.54. The Labute approximate surface area is 187 Å². The monoisotopic (exact) mass is 444 g/mol. The molecule has 170 valence electrons. The van der Waals surface area contributed by atoms with E-state index in [9.17, 15) is 13.2 Å². The summed E-state index contributed by atoms with van der Waals surface area (Å²) in [5.74, 6) is 2.92. The number of fused-ring (bicyclic) bond motifs is 5. The first-order chi connectivity index (χ1) is 14.6. The molecule has 0 aromatic heterocycles. The minimum absolute atomic E-state index is 0.0766. The van der Waals surface area contributed by atoms with Crippen LogP contribution in [0.5, 0.6) is 0 Å². The van der Waals surface area contributed by atoms with Gasteiger partial charge in [-0.25, -0.2) is 0 Å². The fourth-order valence-electron chi connectivity index (χ4n) is 8.02. The number of carbonyl (C=O) groups is 1. The Morgan fingerprint density at radius 3 is 2.42 bits per heavy atom. The summed E-state index contributed by atoms with van der Waals surface area (Å²) in [5.41, 5.74) is 1.22. The summed E-state index contributed by atoms with van der Waals surface area (Å²) < 4.78 is 31.4. The molecule has 4 aliphatic rings. The molecule has 0 N–H and O–H groups in total. The second-order valence-electron chi connectivity index (χ2n) is 11.3. The second kappa shape index (κ2) is 7.41. The van der Waals surface area contributed by atoms with Crippen LogP contribution in [-0.2, 0) is 19.1 Å². The fourth-order valence-corrected chi connectivity index (χ4v) is 9.13. The van der Waals surface area contributed by atoms with Gasteiger partial charge >= 0.3 is 0 Å². The van der Waals surface area contributed by atoms with E-state index in [-0.39, 0.29) is 21.8 Å². The van der Waals surface area contributed by atoms with Crippen molar-refractivity contribution >= 4 is 15.9 Å². The van der Waals surface area contributed by atoms with E-state index in [1.807, 2.05) is 19.1 Å². The van der Waals surface area contributed by atoms with Gasteiger partial charge in [-0.05, 0) is 99.5 Å². The predicted octanol–water partition coefficient (Wildman–Crippen LogP) is 5.68. The minimum Gasteiger partial charge on any atom is -0.299 e. The molecule has 4 nitrogen and oxygen atoms in total. The van der Waals surface area contributed by atoms with E-state index in [4.69, 9.17) is 4.18 Å². The Kier molecular flexibility index (Phi) is 5.17. The zero-order valence-electron chi connectivity index (χ0n) is 19.1. The van der Waals surface area contributed by atoms with E-state index in [1.54, 1.807) is 12.1 Å². The van der Waals surface area contributed by atoms with Gasteiger partial charge in [-0.15, -0.1) is 0 Å². The molecule has 4 aliphatic carbocycles. The number of ketones is 1. The normalized spacial score (nSPS) is 42.5. The lowest BCUT2D eigenvalue weighted by molar-refractivity contribution is -0.141. The second-order valence-corrected chi connectivity index (χ2v) is 12.9. The van der Waals surface area contributed by atoms with E-state index < -0.39 is 10.1 Å². The van der Waals surface area contributed by atoms with Gasteiger partial charge < -0.3 is 0 Å².